The van der Waals surface area contributed by atoms with Crippen molar-refractivity contribution in [3.63, 3.8) is 0 Å². The second kappa shape index (κ2) is 12.9. The van der Waals surface area contributed by atoms with E-state index in [9.17, 15) is 4.79 Å². The van der Waals surface area contributed by atoms with Gasteiger partial charge < -0.3 is 34.2 Å². The number of rotatable bonds is 8. The number of carbonyl (C=O) groups excluding carboxylic acids is 1. The Morgan fingerprint density at radius 3 is 2.81 bits per heavy atom. The second-order valence-electron chi connectivity index (χ2n) is 13.2. The summed E-state index contributed by atoms with van der Waals surface area (Å²) in [5.41, 5.74) is 0.818. The highest BCUT2D eigenvalue weighted by Crippen LogP contribution is 2.46. The summed E-state index contributed by atoms with van der Waals surface area (Å²) < 4.78 is 19.0. The summed E-state index contributed by atoms with van der Waals surface area (Å²) in [6, 6.07) is 6.87. The molecular weight excluding hydrogens is 546 g/mol. The van der Waals surface area contributed by atoms with Gasteiger partial charge in [-0.15, -0.1) is 0 Å². The molecule has 6 unspecified atom stereocenters. The zero-order chi connectivity index (χ0) is 30.1. The summed E-state index contributed by atoms with van der Waals surface area (Å²) in [6.07, 6.45) is 6.64. The van der Waals surface area contributed by atoms with Crippen LogP contribution >= 0.6 is 0 Å². The fourth-order valence-electron chi connectivity index (χ4n) is 8.22. The van der Waals surface area contributed by atoms with E-state index in [1.807, 2.05) is 24.1 Å². The van der Waals surface area contributed by atoms with E-state index in [-0.39, 0.29) is 36.1 Å². The smallest absolute Gasteiger partial charge is 0.246 e. The van der Waals surface area contributed by atoms with Crippen molar-refractivity contribution in [3.05, 3.63) is 30.9 Å². The SMILES string of the molecule is C=CC(=O)N1CCN(C2NC(OCC3CCCN3C)NC3C[C@]4(CCC32)CN(C)c2ccc(OC)cc2O4)CC1CNC. The van der Waals surface area contributed by atoms with Crippen molar-refractivity contribution in [2.45, 2.75) is 68.3 Å². The lowest BCUT2D eigenvalue weighted by Crippen LogP contribution is -2.74. The van der Waals surface area contributed by atoms with E-state index >= 15 is 0 Å². The molecule has 0 bridgehead atoms. The van der Waals surface area contributed by atoms with Crippen molar-refractivity contribution in [1.29, 1.82) is 0 Å². The molecule has 238 valence electrons. The van der Waals surface area contributed by atoms with E-state index < -0.39 is 0 Å². The van der Waals surface area contributed by atoms with Crippen LogP contribution in [0, 0.1) is 5.92 Å². The van der Waals surface area contributed by atoms with Crippen molar-refractivity contribution < 1.29 is 19.0 Å². The molecule has 1 saturated carbocycles. The van der Waals surface area contributed by atoms with Gasteiger partial charge in [0.2, 0.25) is 5.91 Å². The van der Waals surface area contributed by atoms with Crippen molar-refractivity contribution >= 4 is 11.6 Å². The number of likely N-dealkylation sites (tertiary alicyclic amines) is 1. The van der Waals surface area contributed by atoms with Crippen molar-refractivity contribution in [1.82, 2.24) is 30.7 Å². The normalized spacial score (nSPS) is 34.9. The number of likely N-dealkylation sites (N-methyl/N-ethyl adjacent to an activating group) is 3. The van der Waals surface area contributed by atoms with Crippen LogP contribution in [0.5, 0.6) is 11.5 Å². The maximum absolute atomic E-state index is 12.7. The largest absolute Gasteiger partial charge is 0.497 e. The summed E-state index contributed by atoms with van der Waals surface area (Å²) in [6.45, 7) is 9.48. The maximum atomic E-state index is 12.7. The van der Waals surface area contributed by atoms with Crippen LogP contribution in [0.3, 0.4) is 0 Å². The quantitative estimate of drug-likeness (QED) is 0.381. The number of methoxy groups -OCH3 is 1. The van der Waals surface area contributed by atoms with Gasteiger partial charge in [-0.2, -0.15) is 0 Å². The highest BCUT2D eigenvalue weighted by Gasteiger charge is 2.52. The third-order valence-corrected chi connectivity index (χ3v) is 10.5. The average Bonchev–Trinajstić information content (AvgIpc) is 3.43. The molecule has 0 aromatic heterocycles. The molecule has 6 rings (SSSR count). The third kappa shape index (κ3) is 6.25. The van der Waals surface area contributed by atoms with Gasteiger partial charge in [-0.05, 0) is 64.5 Å². The Labute approximate surface area is 256 Å². The molecule has 3 N–H and O–H groups in total. The number of nitrogens with zero attached hydrogens (tertiary/aromatic N) is 4. The van der Waals surface area contributed by atoms with Crippen molar-refractivity contribution in [2.75, 3.05) is 79.0 Å². The molecule has 43 heavy (non-hydrogen) atoms. The van der Waals surface area contributed by atoms with Gasteiger partial charge in [0.1, 0.15) is 17.1 Å². The van der Waals surface area contributed by atoms with Crippen LogP contribution < -0.4 is 30.3 Å². The van der Waals surface area contributed by atoms with E-state index in [1.54, 1.807) is 7.11 Å². The standard InChI is InChI=1S/C32H51N7O4/c1-6-29(40)39-15-14-38(19-23(39)18-33-2)30-25-11-12-32(21-37(4)27-10-9-24(41-5)16-28(27)43-32)17-26(25)34-31(35-30)42-20-22-8-7-13-36(22)3/h6,9-10,16,22-23,25-26,30-31,33-35H,1,7-8,11-15,17-21H2,2-5H3/t22?,23?,25?,26?,30?,31?,32-/m1/s1. The minimum atomic E-state index is -0.288. The Kier molecular flexibility index (Phi) is 9.19. The summed E-state index contributed by atoms with van der Waals surface area (Å²) >= 11 is 0. The molecule has 3 saturated heterocycles. The fraction of sp³-hybridized carbons (Fsp3) is 0.719. The van der Waals surface area contributed by atoms with Gasteiger partial charge in [0.05, 0.1) is 38.2 Å². The molecule has 4 fully saturated rings. The Morgan fingerprint density at radius 1 is 1.21 bits per heavy atom. The van der Waals surface area contributed by atoms with Crippen LogP contribution in [0.1, 0.15) is 32.1 Å². The molecule has 4 aliphatic heterocycles. The molecule has 5 aliphatic rings. The first-order valence-corrected chi connectivity index (χ1v) is 16.1. The highest BCUT2D eigenvalue weighted by molar-refractivity contribution is 5.87. The van der Waals surface area contributed by atoms with Gasteiger partial charge in [-0.25, -0.2) is 0 Å². The molecule has 7 atom stereocenters. The van der Waals surface area contributed by atoms with E-state index in [4.69, 9.17) is 14.2 Å². The lowest BCUT2D eigenvalue weighted by Gasteiger charge is -2.56. The Hall–Kier alpha value is -2.41. The monoisotopic (exact) mass is 597 g/mol. The first-order valence-electron chi connectivity index (χ1n) is 16.1. The number of carbonyl (C=O) groups is 1. The molecule has 0 radical (unpaired) electrons. The molecule has 1 aliphatic carbocycles. The molecule has 1 amide bonds. The number of hydrogen-bond acceptors (Lipinski definition) is 10. The van der Waals surface area contributed by atoms with Crippen LogP contribution in [0.2, 0.25) is 0 Å². The van der Waals surface area contributed by atoms with E-state index in [0.717, 1.165) is 69.2 Å². The zero-order valence-corrected chi connectivity index (χ0v) is 26.4. The first kappa shape index (κ1) is 30.6. The molecule has 11 heteroatoms. The topological polar surface area (TPSA) is 93.8 Å². The number of benzene rings is 1. The van der Waals surface area contributed by atoms with Crippen LogP contribution in [0.4, 0.5) is 5.69 Å². The van der Waals surface area contributed by atoms with Crippen molar-refractivity contribution in [3.8, 4) is 11.5 Å². The molecule has 1 aromatic carbocycles. The zero-order valence-electron chi connectivity index (χ0n) is 26.4. The number of amides is 1. The van der Waals surface area contributed by atoms with E-state index in [0.29, 0.717) is 25.1 Å². The van der Waals surface area contributed by atoms with Gasteiger partial charge in [-0.1, -0.05) is 6.58 Å². The molecule has 1 aromatic rings. The second-order valence-corrected chi connectivity index (χ2v) is 13.2. The number of fused-ring (bicyclic) bond motifs is 2. The van der Waals surface area contributed by atoms with Crippen LogP contribution in [-0.2, 0) is 9.53 Å². The van der Waals surface area contributed by atoms with Crippen molar-refractivity contribution in [2.24, 2.45) is 5.92 Å². The molecule has 1 spiro atoms. The van der Waals surface area contributed by atoms with Crippen LogP contribution in [-0.4, -0.2) is 131 Å². The Balaban J connectivity index is 1.22. The van der Waals surface area contributed by atoms with Crippen LogP contribution in [0.25, 0.3) is 0 Å². The summed E-state index contributed by atoms with van der Waals surface area (Å²) in [5.74, 6) is 2.10. The number of nitrogens with one attached hydrogen (secondary N) is 3. The number of anilines is 1. The summed E-state index contributed by atoms with van der Waals surface area (Å²) in [4.78, 5) is 21.9. The first-order chi connectivity index (χ1) is 20.8. The minimum Gasteiger partial charge on any atom is -0.497 e. The van der Waals surface area contributed by atoms with Gasteiger partial charge in [0.25, 0.3) is 0 Å². The average molecular weight is 598 g/mol. The minimum absolute atomic E-state index is 0.00743. The highest BCUT2D eigenvalue weighted by atomic mass is 16.5. The Morgan fingerprint density at radius 2 is 2.07 bits per heavy atom. The fourth-order valence-corrected chi connectivity index (χ4v) is 8.22. The summed E-state index contributed by atoms with van der Waals surface area (Å²) in [7, 11) is 8.01. The van der Waals surface area contributed by atoms with Gasteiger partial charge in [0, 0.05) is 63.7 Å². The molecular formula is C32H51N7O4. The predicted octanol–water partition coefficient (Wildman–Crippen LogP) is 1.26. The van der Waals surface area contributed by atoms with Gasteiger partial charge >= 0.3 is 0 Å². The third-order valence-electron chi connectivity index (χ3n) is 10.5. The van der Waals surface area contributed by atoms with Gasteiger partial charge in [-0.3, -0.25) is 20.3 Å². The number of hydrogen-bond donors (Lipinski definition) is 3. The lowest BCUT2D eigenvalue weighted by molar-refractivity contribution is -0.139. The molecule has 11 nitrogen and oxygen atoms in total. The Bertz CT molecular complexity index is 1150. The number of ether oxygens (including phenoxy) is 3. The molecule has 4 heterocycles. The van der Waals surface area contributed by atoms with Gasteiger partial charge in [0.15, 0.2) is 6.35 Å². The maximum Gasteiger partial charge on any atom is 0.246 e. The number of piperazine rings is 1. The van der Waals surface area contributed by atoms with E-state index in [2.05, 4.69) is 57.4 Å². The lowest BCUT2D eigenvalue weighted by atomic mass is 9.72. The van der Waals surface area contributed by atoms with Crippen LogP contribution in [0.15, 0.2) is 30.9 Å². The summed E-state index contributed by atoms with van der Waals surface area (Å²) in [5, 5.41) is 11.1. The van der Waals surface area contributed by atoms with E-state index in [1.165, 1.54) is 18.9 Å². The predicted molar refractivity (Wildman–Crippen MR) is 167 cm³/mol.